The monoisotopic (exact) mass is 232 g/mol. The molecule has 0 radical (unpaired) electrons. The molecular formula is C13H16N2O2. The maximum atomic E-state index is 11.9. The van der Waals surface area contributed by atoms with Crippen LogP contribution in [0.1, 0.15) is 28.8 Å². The van der Waals surface area contributed by atoms with Crippen LogP contribution in [0.25, 0.3) is 0 Å². The molecule has 0 saturated carbocycles. The van der Waals surface area contributed by atoms with Gasteiger partial charge in [-0.05, 0) is 25.0 Å². The fourth-order valence-corrected chi connectivity index (χ4v) is 1.97. The maximum absolute atomic E-state index is 11.9. The second kappa shape index (κ2) is 4.99. The van der Waals surface area contributed by atoms with E-state index in [4.69, 9.17) is 0 Å². The van der Waals surface area contributed by atoms with Gasteiger partial charge in [-0.3, -0.25) is 9.59 Å². The molecule has 1 heterocycles. The summed E-state index contributed by atoms with van der Waals surface area (Å²) in [7, 11) is 0. The van der Waals surface area contributed by atoms with Gasteiger partial charge in [0, 0.05) is 24.6 Å². The van der Waals surface area contributed by atoms with E-state index >= 15 is 0 Å². The number of hydrogen-bond donors (Lipinski definition) is 2. The molecule has 0 spiro atoms. The molecule has 2 rings (SSSR count). The Balaban J connectivity index is 1.90. The van der Waals surface area contributed by atoms with Gasteiger partial charge in [0.15, 0.2) is 0 Å². The van der Waals surface area contributed by atoms with Crippen LogP contribution in [-0.4, -0.2) is 24.4 Å². The average molecular weight is 232 g/mol. The SMILES string of the molecule is Cc1ccccc1C(=O)NCC1CCC(=O)N1. The predicted octanol–water partition coefficient (Wildman–Crippen LogP) is 1.00. The molecule has 17 heavy (non-hydrogen) atoms. The van der Waals surface area contributed by atoms with Gasteiger partial charge in [-0.25, -0.2) is 0 Å². The number of amides is 2. The lowest BCUT2D eigenvalue weighted by Gasteiger charge is -2.12. The first-order chi connectivity index (χ1) is 8.16. The zero-order valence-electron chi connectivity index (χ0n) is 9.82. The third-order valence-corrected chi connectivity index (χ3v) is 2.98. The molecule has 1 aromatic rings. The number of rotatable bonds is 3. The van der Waals surface area contributed by atoms with E-state index in [0.717, 1.165) is 12.0 Å². The molecule has 1 unspecified atom stereocenters. The minimum atomic E-state index is -0.0794. The van der Waals surface area contributed by atoms with Crippen molar-refractivity contribution in [3.63, 3.8) is 0 Å². The summed E-state index contributed by atoms with van der Waals surface area (Å²) in [6.45, 7) is 2.41. The smallest absolute Gasteiger partial charge is 0.251 e. The summed E-state index contributed by atoms with van der Waals surface area (Å²) >= 11 is 0. The summed E-state index contributed by atoms with van der Waals surface area (Å²) in [5.74, 6) is -0.00982. The molecule has 4 nitrogen and oxygen atoms in total. The first-order valence-corrected chi connectivity index (χ1v) is 5.80. The molecule has 4 heteroatoms. The van der Waals surface area contributed by atoms with E-state index in [-0.39, 0.29) is 17.9 Å². The molecule has 1 fully saturated rings. The van der Waals surface area contributed by atoms with E-state index in [9.17, 15) is 9.59 Å². The van der Waals surface area contributed by atoms with Crippen LogP contribution < -0.4 is 10.6 Å². The average Bonchev–Trinajstić information content (AvgIpc) is 2.73. The maximum Gasteiger partial charge on any atom is 0.251 e. The van der Waals surface area contributed by atoms with Gasteiger partial charge < -0.3 is 10.6 Å². The number of aryl methyl sites for hydroxylation is 1. The van der Waals surface area contributed by atoms with Crippen molar-refractivity contribution in [3.8, 4) is 0 Å². The highest BCUT2D eigenvalue weighted by Crippen LogP contribution is 2.08. The van der Waals surface area contributed by atoms with E-state index < -0.39 is 0 Å². The van der Waals surface area contributed by atoms with Gasteiger partial charge in [0.1, 0.15) is 0 Å². The molecule has 1 aliphatic heterocycles. The molecule has 1 atom stereocenters. The fourth-order valence-electron chi connectivity index (χ4n) is 1.97. The van der Waals surface area contributed by atoms with Crippen LogP contribution in [-0.2, 0) is 4.79 Å². The normalized spacial score (nSPS) is 18.9. The minimum Gasteiger partial charge on any atom is -0.352 e. The van der Waals surface area contributed by atoms with Gasteiger partial charge in [-0.15, -0.1) is 0 Å². The zero-order chi connectivity index (χ0) is 12.3. The zero-order valence-corrected chi connectivity index (χ0v) is 9.82. The number of carbonyl (C=O) groups excluding carboxylic acids is 2. The molecule has 2 amide bonds. The lowest BCUT2D eigenvalue weighted by molar-refractivity contribution is -0.119. The topological polar surface area (TPSA) is 58.2 Å². The Hall–Kier alpha value is -1.84. The molecule has 1 aromatic carbocycles. The molecule has 0 aliphatic carbocycles. The van der Waals surface area contributed by atoms with E-state index in [1.807, 2.05) is 25.1 Å². The minimum absolute atomic E-state index is 0.0696. The van der Waals surface area contributed by atoms with Crippen LogP contribution in [0, 0.1) is 6.92 Å². The highest BCUT2D eigenvalue weighted by molar-refractivity contribution is 5.95. The predicted molar refractivity (Wildman–Crippen MR) is 64.7 cm³/mol. The van der Waals surface area contributed by atoms with Gasteiger partial charge in [-0.2, -0.15) is 0 Å². The van der Waals surface area contributed by atoms with E-state index in [2.05, 4.69) is 10.6 Å². The van der Waals surface area contributed by atoms with Crippen LogP contribution in [0.15, 0.2) is 24.3 Å². The number of benzene rings is 1. The Morgan fingerprint density at radius 2 is 2.24 bits per heavy atom. The third-order valence-electron chi connectivity index (χ3n) is 2.98. The Bertz CT molecular complexity index is 443. The second-order valence-electron chi connectivity index (χ2n) is 4.33. The molecular weight excluding hydrogens is 216 g/mol. The lowest BCUT2D eigenvalue weighted by Crippen LogP contribution is -2.38. The highest BCUT2D eigenvalue weighted by Gasteiger charge is 2.21. The van der Waals surface area contributed by atoms with Crippen molar-refractivity contribution in [1.82, 2.24) is 10.6 Å². The van der Waals surface area contributed by atoms with Crippen molar-refractivity contribution in [1.29, 1.82) is 0 Å². The molecule has 0 aromatic heterocycles. The summed E-state index contributed by atoms with van der Waals surface area (Å²) in [5.41, 5.74) is 1.65. The fraction of sp³-hybridized carbons (Fsp3) is 0.385. The summed E-state index contributed by atoms with van der Waals surface area (Å²) < 4.78 is 0. The van der Waals surface area contributed by atoms with Crippen LogP contribution in [0.5, 0.6) is 0 Å². The Morgan fingerprint density at radius 1 is 1.47 bits per heavy atom. The summed E-state index contributed by atoms with van der Waals surface area (Å²) in [6.07, 6.45) is 1.36. The first-order valence-electron chi connectivity index (χ1n) is 5.80. The highest BCUT2D eigenvalue weighted by atomic mass is 16.2. The van der Waals surface area contributed by atoms with Crippen LogP contribution >= 0.6 is 0 Å². The van der Waals surface area contributed by atoms with E-state index in [1.54, 1.807) is 6.07 Å². The van der Waals surface area contributed by atoms with Crippen molar-refractivity contribution in [3.05, 3.63) is 35.4 Å². The lowest BCUT2D eigenvalue weighted by atomic mass is 10.1. The van der Waals surface area contributed by atoms with Crippen LogP contribution in [0.3, 0.4) is 0 Å². The first kappa shape index (κ1) is 11.6. The summed E-state index contributed by atoms with van der Waals surface area (Å²) in [5, 5.41) is 5.67. The van der Waals surface area contributed by atoms with Gasteiger partial charge >= 0.3 is 0 Å². The van der Waals surface area contributed by atoms with Crippen molar-refractivity contribution in [2.24, 2.45) is 0 Å². The number of nitrogens with one attached hydrogen (secondary N) is 2. The largest absolute Gasteiger partial charge is 0.352 e. The quantitative estimate of drug-likeness (QED) is 0.817. The second-order valence-corrected chi connectivity index (χ2v) is 4.33. The molecule has 2 N–H and O–H groups in total. The Labute approximate surface area is 100 Å². The van der Waals surface area contributed by atoms with Crippen LogP contribution in [0.2, 0.25) is 0 Å². The third kappa shape index (κ3) is 2.84. The number of carbonyl (C=O) groups is 2. The van der Waals surface area contributed by atoms with Crippen molar-refractivity contribution in [2.75, 3.05) is 6.54 Å². The molecule has 90 valence electrons. The van der Waals surface area contributed by atoms with Gasteiger partial charge in [0.05, 0.1) is 0 Å². The van der Waals surface area contributed by atoms with Crippen LogP contribution in [0.4, 0.5) is 0 Å². The van der Waals surface area contributed by atoms with E-state index in [1.165, 1.54) is 0 Å². The Morgan fingerprint density at radius 3 is 2.88 bits per heavy atom. The summed E-state index contributed by atoms with van der Waals surface area (Å²) in [4.78, 5) is 22.9. The van der Waals surface area contributed by atoms with Gasteiger partial charge in [0.25, 0.3) is 5.91 Å². The molecule has 1 aliphatic rings. The van der Waals surface area contributed by atoms with E-state index in [0.29, 0.717) is 18.5 Å². The standard InChI is InChI=1S/C13H16N2O2/c1-9-4-2-3-5-11(9)13(17)14-8-10-6-7-12(16)15-10/h2-5,10H,6-8H2,1H3,(H,14,17)(H,15,16). The molecule has 0 bridgehead atoms. The van der Waals surface area contributed by atoms with Gasteiger partial charge in [-0.1, -0.05) is 18.2 Å². The summed E-state index contributed by atoms with van der Waals surface area (Å²) in [6, 6.07) is 7.54. The number of hydrogen-bond acceptors (Lipinski definition) is 2. The van der Waals surface area contributed by atoms with Crippen molar-refractivity contribution >= 4 is 11.8 Å². The van der Waals surface area contributed by atoms with Crippen molar-refractivity contribution in [2.45, 2.75) is 25.8 Å². The van der Waals surface area contributed by atoms with Gasteiger partial charge in [0.2, 0.25) is 5.91 Å². The van der Waals surface area contributed by atoms with Crippen molar-refractivity contribution < 1.29 is 9.59 Å². The molecule has 1 saturated heterocycles. The Kier molecular flexibility index (Phi) is 3.42.